The van der Waals surface area contributed by atoms with Crippen LogP contribution in [0.3, 0.4) is 0 Å². The van der Waals surface area contributed by atoms with Crippen LogP contribution >= 0.6 is 0 Å². The second-order valence-electron chi connectivity index (χ2n) is 3.62. The lowest BCUT2D eigenvalue weighted by Gasteiger charge is -2.30. The van der Waals surface area contributed by atoms with Crippen LogP contribution in [0.5, 0.6) is 0 Å². The standard InChI is InChI=1S/C11H13NO/c1-11(8-13)7-6-9-4-2-3-5-10(9)12-11/h2-7,12-13H,8H2,1H3. The summed E-state index contributed by atoms with van der Waals surface area (Å²) in [5.74, 6) is 0. The van der Waals surface area contributed by atoms with Crippen LogP contribution in [0.15, 0.2) is 30.3 Å². The van der Waals surface area contributed by atoms with Crippen molar-refractivity contribution in [2.45, 2.75) is 12.5 Å². The van der Waals surface area contributed by atoms with Gasteiger partial charge in [-0.2, -0.15) is 0 Å². The Bertz CT molecular complexity index is 346. The summed E-state index contributed by atoms with van der Waals surface area (Å²) in [6.07, 6.45) is 4.04. The fraction of sp³-hybridized carbons (Fsp3) is 0.273. The third-order valence-corrected chi connectivity index (χ3v) is 2.34. The Morgan fingerprint density at radius 2 is 2.15 bits per heavy atom. The minimum Gasteiger partial charge on any atom is -0.394 e. The highest BCUT2D eigenvalue weighted by Gasteiger charge is 2.22. The molecule has 1 aliphatic heterocycles. The van der Waals surface area contributed by atoms with Crippen LogP contribution < -0.4 is 5.32 Å². The van der Waals surface area contributed by atoms with Crippen LogP contribution in [-0.2, 0) is 0 Å². The zero-order valence-electron chi connectivity index (χ0n) is 7.62. The van der Waals surface area contributed by atoms with E-state index in [2.05, 4.69) is 11.4 Å². The molecule has 68 valence electrons. The molecule has 0 saturated carbocycles. The number of rotatable bonds is 1. The highest BCUT2D eigenvalue weighted by atomic mass is 16.3. The highest BCUT2D eigenvalue weighted by Crippen LogP contribution is 2.27. The van der Waals surface area contributed by atoms with Crippen molar-refractivity contribution in [1.29, 1.82) is 0 Å². The smallest absolute Gasteiger partial charge is 0.0762 e. The Balaban J connectivity index is 2.39. The van der Waals surface area contributed by atoms with Crippen LogP contribution in [0, 0.1) is 0 Å². The molecule has 13 heavy (non-hydrogen) atoms. The van der Waals surface area contributed by atoms with Gasteiger partial charge in [0.15, 0.2) is 0 Å². The van der Waals surface area contributed by atoms with E-state index in [4.69, 9.17) is 5.11 Å². The number of hydrogen-bond acceptors (Lipinski definition) is 2. The molecule has 1 unspecified atom stereocenters. The predicted molar refractivity (Wildman–Crippen MR) is 54.6 cm³/mol. The molecule has 0 amide bonds. The lowest BCUT2D eigenvalue weighted by molar-refractivity contribution is 0.249. The van der Waals surface area contributed by atoms with E-state index in [-0.39, 0.29) is 12.1 Å². The van der Waals surface area contributed by atoms with Gasteiger partial charge in [0, 0.05) is 5.69 Å². The number of aliphatic hydroxyl groups excluding tert-OH is 1. The summed E-state index contributed by atoms with van der Waals surface area (Å²) in [7, 11) is 0. The molecule has 0 fully saturated rings. The van der Waals surface area contributed by atoms with Crippen LogP contribution in [0.1, 0.15) is 12.5 Å². The van der Waals surface area contributed by atoms with Crippen LogP contribution in [-0.4, -0.2) is 17.3 Å². The van der Waals surface area contributed by atoms with Crippen molar-refractivity contribution < 1.29 is 5.11 Å². The number of para-hydroxylation sites is 1. The predicted octanol–water partition coefficient (Wildman–Crippen LogP) is 1.88. The van der Waals surface area contributed by atoms with Gasteiger partial charge in [-0.3, -0.25) is 0 Å². The van der Waals surface area contributed by atoms with Gasteiger partial charge in [-0.25, -0.2) is 0 Å². The summed E-state index contributed by atoms with van der Waals surface area (Å²) >= 11 is 0. The average molecular weight is 175 g/mol. The van der Waals surface area contributed by atoms with Gasteiger partial charge < -0.3 is 10.4 Å². The summed E-state index contributed by atoms with van der Waals surface area (Å²) in [5, 5.41) is 12.4. The first-order valence-electron chi connectivity index (χ1n) is 4.41. The first-order valence-corrected chi connectivity index (χ1v) is 4.41. The molecule has 2 rings (SSSR count). The monoisotopic (exact) mass is 175 g/mol. The molecular formula is C11H13NO. The van der Waals surface area contributed by atoms with E-state index in [0.717, 1.165) is 5.69 Å². The third kappa shape index (κ3) is 1.45. The maximum atomic E-state index is 9.16. The van der Waals surface area contributed by atoms with Crippen molar-refractivity contribution in [2.75, 3.05) is 11.9 Å². The maximum Gasteiger partial charge on any atom is 0.0762 e. The van der Waals surface area contributed by atoms with Gasteiger partial charge in [0.1, 0.15) is 0 Å². The van der Waals surface area contributed by atoms with Crippen molar-refractivity contribution in [3.8, 4) is 0 Å². The van der Waals surface area contributed by atoms with Crippen molar-refractivity contribution >= 4 is 11.8 Å². The number of nitrogens with one attached hydrogen (secondary N) is 1. The number of aliphatic hydroxyl groups is 1. The van der Waals surface area contributed by atoms with Crippen molar-refractivity contribution in [3.63, 3.8) is 0 Å². The van der Waals surface area contributed by atoms with Gasteiger partial charge in [-0.15, -0.1) is 0 Å². The second kappa shape index (κ2) is 2.89. The molecule has 1 heterocycles. The minimum atomic E-state index is -0.311. The lowest BCUT2D eigenvalue weighted by Crippen LogP contribution is -2.38. The fourth-order valence-corrected chi connectivity index (χ4v) is 1.47. The SMILES string of the molecule is CC1(CO)C=Cc2ccccc2N1. The number of benzene rings is 1. The van der Waals surface area contributed by atoms with E-state index < -0.39 is 0 Å². The Labute approximate surface area is 77.9 Å². The van der Waals surface area contributed by atoms with Crippen LogP contribution in [0.4, 0.5) is 5.69 Å². The summed E-state index contributed by atoms with van der Waals surface area (Å²) in [6.45, 7) is 2.08. The molecule has 1 aromatic carbocycles. The molecule has 0 aliphatic carbocycles. The summed E-state index contributed by atoms with van der Waals surface area (Å²) < 4.78 is 0. The molecule has 1 atom stereocenters. The molecule has 1 aromatic rings. The van der Waals surface area contributed by atoms with Gasteiger partial charge in [-0.1, -0.05) is 30.4 Å². The minimum absolute atomic E-state index is 0.109. The van der Waals surface area contributed by atoms with Crippen LogP contribution in [0.2, 0.25) is 0 Å². The van der Waals surface area contributed by atoms with Gasteiger partial charge in [0.25, 0.3) is 0 Å². The van der Waals surface area contributed by atoms with Gasteiger partial charge in [0.2, 0.25) is 0 Å². The van der Waals surface area contributed by atoms with E-state index in [1.54, 1.807) is 0 Å². The molecule has 2 nitrogen and oxygen atoms in total. The lowest BCUT2D eigenvalue weighted by atomic mass is 9.96. The van der Waals surface area contributed by atoms with Crippen LogP contribution in [0.25, 0.3) is 6.08 Å². The van der Waals surface area contributed by atoms with Gasteiger partial charge in [0.05, 0.1) is 12.1 Å². The Morgan fingerprint density at radius 1 is 1.38 bits per heavy atom. The molecule has 2 heteroatoms. The molecule has 0 spiro atoms. The molecule has 0 bridgehead atoms. The molecule has 0 radical (unpaired) electrons. The van der Waals surface area contributed by atoms with E-state index in [1.807, 2.05) is 37.3 Å². The topological polar surface area (TPSA) is 32.3 Å². The van der Waals surface area contributed by atoms with Crippen molar-refractivity contribution in [2.24, 2.45) is 0 Å². The van der Waals surface area contributed by atoms with E-state index in [9.17, 15) is 0 Å². The van der Waals surface area contributed by atoms with Gasteiger partial charge in [-0.05, 0) is 18.6 Å². The molecule has 0 aromatic heterocycles. The van der Waals surface area contributed by atoms with Crippen molar-refractivity contribution in [1.82, 2.24) is 0 Å². The first kappa shape index (κ1) is 8.32. The van der Waals surface area contributed by atoms with Gasteiger partial charge >= 0.3 is 0 Å². The normalized spacial score (nSPS) is 25.1. The summed E-state index contributed by atoms with van der Waals surface area (Å²) in [6, 6.07) is 8.07. The highest BCUT2D eigenvalue weighted by molar-refractivity contribution is 5.72. The van der Waals surface area contributed by atoms with Crippen molar-refractivity contribution in [3.05, 3.63) is 35.9 Å². The first-order chi connectivity index (χ1) is 6.23. The zero-order valence-corrected chi connectivity index (χ0v) is 7.62. The maximum absolute atomic E-state index is 9.16. The largest absolute Gasteiger partial charge is 0.394 e. The summed E-state index contributed by atoms with van der Waals surface area (Å²) in [4.78, 5) is 0. The second-order valence-corrected chi connectivity index (χ2v) is 3.62. The number of fused-ring (bicyclic) bond motifs is 1. The third-order valence-electron chi connectivity index (χ3n) is 2.34. The van der Waals surface area contributed by atoms with E-state index >= 15 is 0 Å². The fourth-order valence-electron chi connectivity index (χ4n) is 1.47. The Morgan fingerprint density at radius 3 is 2.92 bits per heavy atom. The Kier molecular flexibility index (Phi) is 1.85. The molecule has 0 saturated heterocycles. The Hall–Kier alpha value is -1.28. The zero-order chi connectivity index (χ0) is 9.31. The molecule has 2 N–H and O–H groups in total. The summed E-state index contributed by atoms with van der Waals surface area (Å²) in [5.41, 5.74) is 1.95. The average Bonchev–Trinajstić information content (AvgIpc) is 2.18. The quantitative estimate of drug-likeness (QED) is 0.683. The number of anilines is 1. The molecule has 1 aliphatic rings. The number of hydrogen-bond donors (Lipinski definition) is 2. The van der Waals surface area contributed by atoms with E-state index in [1.165, 1.54) is 5.56 Å². The molecular weight excluding hydrogens is 162 g/mol. The van der Waals surface area contributed by atoms with E-state index in [0.29, 0.717) is 0 Å².